The van der Waals surface area contributed by atoms with Crippen LogP contribution in [0.2, 0.25) is 0 Å². The van der Waals surface area contributed by atoms with Crippen molar-refractivity contribution in [1.29, 1.82) is 0 Å². The fourth-order valence-corrected chi connectivity index (χ4v) is 13.1. The van der Waals surface area contributed by atoms with Crippen LogP contribution in [0, 0.1) is 25.5 Å². The highest BCUT2D eigenvalue weighted by Gasteiger charge is 2.34. The summed E-state index contributed by atoms with van der Waals surface area (Å²) in [5, 5.41) is 9.53. The van der Waals surface area contributed by atoms with Gasteiger partial charge < -0.3 is 35.1 Å². The lowest BCUT2D eigenvalue weighted by Gasteiger charge is -2.40. The first-order chi connectivity index (χ1) is 44.4. The number of carbonyl (C=O) groups is 3. The van der Waals surface area contributed by atoms with E-state index < -0.39 is 23.6 Å². The molecule has 6 aromatic carbocycles. The van der Waals surface area contributed by atoms with E-state index in [-0.39, 0.29) is 41.3 Å². The van der Waals surface area contributed by atoms with E-state index in [0.29, 0.717) is 38.3 Å². The molecule has 10 rings (SSSR count). The molecule has 4 heterocycles. The van der Waals surface area contributed by atoms with Crippen LogP contribution in [-0.2, 0) is 32.4 Å². The number of aryl methyl sites for hydroxylation is 2. The summed E-state index contributed by atoms with van der Waals surface area (Å²) < 4.78 is 66.7. The van der Waals surface area contributed by atoms with Crippen LogP contribution < -0.4 is 16.0 Å². The molecule has 3 aliphatic rings. The lowest BCUT2D eigenvalue weighted by Crippen LogP contribution is -2.50. The van der Waals surface area contributed by atoms with Gasteiger partial charge in [0.2, 0.25) is 0 Å². The number of piperidine rings is 3. The number of amides is 6. The summed E-state index contributed by atoms with van der Waals surface area (Å²) in [5.41, 5.74) is 4.69. The number of likely N-dealkylation sites (tertiary alicyclic amines) is 3. The van der Waals surface area contributed by atoms with Gasteiger partial charge in [-0.05, 0) is 161 Å². The minimum atomic E-state index is -4.48. The number of nitrogens with one attached hydrogen (secondary N) is 3. The standard InChI is InChI=1S/C27H27F4N3O.C25H34FN3O.C22H31N3OS/c28-23-11-9-21(10-12-23)18-33-15-13-25(14-16-33)34(19-20-5-2-1-3-6-20)26(35)32-24-8-4-7-22(17-24)27(29,30)31;1-4-8-20(3)28-15-13-22(14-16-28)29(18-21-9-6-5-7-10-21)25(30)27-24-17-19(2)11-12-23(24)26;1-3-4-14-24-15-12-20(13-16-24)25(17-19-8-6-5-7-9-19)22(26)23-21-11-10-18(2)27-21/h1-12,17,25H,13-16,18-19H2,(H,32,35);5-7,9-12,17,20,22H,4,8,13-16,18H2,1-3H3,(H,27,30);5-11,20H,3-4,12-17H2,1-2H3,(H,23,26). The van der Waals surface area contributed by atoms with Gasteiger partial charge >= 0.3 is 24.3 Å². The topological polar surface area (TPSA) is 107 Å². The third-order valence-electron chi connectivity index (χ3n) is 17.6. The van der Waals surface area contributed by atoms with Crippen molar-refractivity contribution in [2.75, 3.05) is 61.8 Å². The molecule has 3 saturated heterocycles. The van der Waals surface area contributed by atoms with Crippen molar-refractivity contribution in [3.05, 3.63) is 220 Å². The van der Waals surface area contributed by atoms with Crippen molar-refractivity contribution in [2.45, 2.75) is 155 Å². The Balaban J connectivity index is 0.000000179. The molecule has 12 nitrogen and oxygen atoms in total. The molecule has 6 amide bonds. The van der Waals surface area contributed by atoms with Gasteiger partial charge in [-0.15, -0.1) is 11.3 Å². The maximum Gasteiger partial charge on any atom is 0.416 e. The Morgan fingerprint density at radius 2 is 1.04 bits per heavy atom. The van der Waals surface area contributed by atoms with Crippen LogP contribution in [0.15, 0.2) is 170 Å². The molecule has 18 heteroatoms. The molecular weight excluding hydrogens is 1190 g/mol. The number of rotatable bonds is 20. The molecule has 3 aliphatic heterocycles. The third-order valence-corrected chi connectivity index (χ3v) is 18.5. The van der Waals surface area contributed by atoms with E-state index in [0.717, 1.165) is 117 Å². The van der Waals surface area contributed by atoms with Crippen LogP contribution in [0.1, 0.15) is 123 Å². The number of halogens is 5. The lowest BCUT2D eigenvalue weighted by molar-refractivity contribution is -0.137. The van der Waals surface area contributed by atoms with Gasteiger partial charge in [-0.1, -0.05) is 142 Å². The van der Waals surface area contributed by atoms with Crippen molar-refractivity contribution < 1.29 is 36.3 Å². The van der Waals surface area contributed by atoms with Crippen LogP contribution in [0.25, 0.3) is 0 Å². The normalized spacial score (nSPS) is 15.6. The molecule has 1 unspecified atom stereocenters. The molecule has 3 fully saturated rings. The van der Waals surface area contributed by atoms with Crippen molar-refractivity contribution in [2.24, 2.45) is 0 Å². The SMILES string of the molecule is CCCC(C)N1CCC(N(Cc2ccccc2)C(=O)Nc2cc(C)ccc2F)CC1.CCCCN1CCC(N(Cc2ccccc2)C(=O)Nc2ccc(C)s2)CC1.O=C(Nc1cccc(C(F)(F)F)c1)N(Cc1ccccc1)C1CCN(Cc2ccc(F)cc2)CC1. The van der Waals surface area contributed by atoms with Crippen molar-refractivity contribution in [1.82, 2.24) is 29.4 Å². The third kappa shape index (κ3) is 22.0. The fraction of sp³-hybridized carbons (Fsp3) is 0.419. The van der Waals surface area contributed by atoms with E-state index in [4.69, 9.17) is 0 Å². The smallest absolute Gasteiger partial charge is 0.317 e. The van der Waals surface area contributed by atoms with Crippen LogP contribution in [0.5, 0.6) is 0 Å². The van der Waals surface area contributed by atoms with E-state index in [1.165, 1.54) is 73.0 Å². The Bertz CT molecular complexity index is 3340. The predicted molar refractivity (Wildman–Crippen MR) is 363 cm³/mol. The van der Waals surface area contributed by atoms with Crippen LogP contribution >= 0.6 is 11.3 Å². The number of hydrogen-bond acceptors (Lipinski definition) is 7. The molecule has 0 aliphatic carbocycles. The highest BCUT2D eigenvalue weighted by atomic mass is 32.1. The van der Waals surface area contributed by atoms with Crippen LogP contribution in [0.4, 0.5) is 52.7 Å². The molecule has 0 saturated carbocycles. The number of urea groups is 3. The van der Waals surface area contributed by atoms with E-state index in [9.17, 15) is 36.3 Å². The first-order valence-corrected chi connectivity index (χ1v) is 33.5. The molecule has 492 valence electrons. The summed E-state index contributed by atoms with van der Waals surface area (Å²) in [6.45, 7) is 19.8. The van der Waals surface area contributed by atoms with Gasteiger partial charge in [0, 0.05) is 100 Å². The maximum atomic E-state index is 14.2. The number of hydrogen-bond donors (Lipinski definition) is 3. The molecule has 0 spiro atoms. The zero-order valence-electron chi connectivity index (χ0n) is 54.0. The summed E-state index contributed by atoms with van der Waals surface area (Å²) in [4.78, 5) is 53.8. The second kappa shape index (κ2) is 35.4. The molecule has 1 aromatic heterocycles. The molecule has 0 radical (unpaired) electrons. The lowest BCUT2D eigenvalue weighted by atomic mass is 10.00. The van der Waals surface area contributed by atoms with Crippen molar-refractivity contribution in [3.8, 4) is 0 Å². The summed E-state index contributed by atoms with van der Waals surface area (Å²) >= 11 is 1.63. The minimum absolute atomic E-state index is 0.0210. The average molecular weight is 1280 g/mol. The van der Waals surface area contributed by atoms with E-state index in [1.807, 2.05) is 108 Å². The Morgan fingerprint density at radius 3 is 1.53 bits per heavy atom. The monoisotopic (exact) mass is 1280 g/mol. The largest absolute Gasteiger partial charge is 0.416 e. The second-order valence-electron chi connectivity index (χ2n) is 24.6. The number of thiophene rings is 1. The summed E-state index contributed by atoms with van der Waals surface area (Å²) in [6, 6.07) is 50.1. The number of nitrogens with zero attached hydrogens (tertiary/aromatic N) is 6. The Kier molecular flexibility index (Phi) is 27.0. The zero-order chi connectivity index (χ0) is 65.4. The van der Waals surface area contributed by atoms with E-state index >= 15 is 0 Å². The Morgan fingerprint density at radius 1 is 0.543 bits per heavy atom. The zero-order valence-corrected chi connectivity index (χ0v) is 54.8. The Hall–Kier alpha value is -7.64. The number of anilines is 3. The second-order valence-corrected chi connectivity index (χ2v) is 25.9. The van der Waals surface area contributed by atoms with Gasteiger partial charge in [-0.2, -0.15) is 13.2 Å². The van der Waals surface area contributed by atoms with Gasteiger partial charge in [-0.25, -0.2) is 23.2 Å². The van der Waals surface area contributed by atoms with Crippen molar-refractivity contribution >= 4 is 45.8 Å². The Labute approximate surface area is 545 Å². The summed E-state index contributed by atoms with van der Waals surface area (Å²) in [6.07, 6.45) is 5.82. The summed E-state index contributed by atoms with van der Waals surface area (Å²) in [5.74, 6) is -0.674. The van der Waals surface area contributed by atoms with Crippen molar-refractivity contribution in [3.63, 3.8) is 0 Å². The molecule has 7 aromatic rings. The average Bonchev–Trinajstić information content (AvgIpc) is 1.56. The van der Waals surface area contributed by atoms with E-state index in [2.05, 4.69) is 70.5 Å². The van der Waals surface area contributed by atoms with E-state index in [1.54, 1.807) is 40.5 Å². The highest BCUT2D eigenvalue weighted by molar-refractivity contribution is 7.16. The maximum absolute atomic E-state index is 14.2. The number of alkyl halides is 3. The fourth-order valence-electron chi connectivity index (χ4n) is 12.3. The molecule has 3 N–H and O–H groups in total. The van der Waals surface area contributed by atoms with Gasteiger partial charge in [0.05, 0.1) is 16.3 Å². The molecule has 92 heavy (non-hydrogen) atoms. The van der Waals surface area contributed by atoms with Crippen LogP contribution in [-0.4, -0.2) is 117 Å². The van der Waals surface area contributed by atoms with Gasteiger partial charge in [0.1, 0.15) is 11.6 Å². The number of unbranched alkanes of at least 4 members (excludes halogenated alkanes) is 1. The van der Waals surface area contributed by atoms with Crippen LogP contribution in [0.3, 0.4) is 0 Å². The number of benzene rings is 6. The molecular formula is C74H92F5N9O3S. The predicted octanol–water partition coefficient (Wildman–Crippen LogP) is 17.7. The molecule has 0 bridgehead atoms. The first kappa shape index (κ1) is 70.2. The minimum Gasteiger partial charge on any atom is -0.317 e. The van der Waals surface area contributed by atoms with Gasteiger partial charge in [-0.3, -0.25) is 10.2 Å². The first-order valence-electron chi connectivity index (χ1n) is 32.7. The van der Waals surface area contributed by atoms with Gasteiger partial charge in [0.25, 0.3) is 0 Å². The summed E-state index contributed by atoms with van der Waals surface area (Å²) in [7, 11) is 0. The quantitative estimate of drug-likeness (QED) is 0.0657. The molecule has 1 atom stereocenters. The van der Waals surface area contributed by atoms with Gasteiger partial charge in [0.15, 0.2) is 0 Å². The number of carbonyl (C=O) groups excluding carboxylic acids is 3. The highest BCUT2D eigenvalue weighted by Crippen LogP contribution is 2.32.